The van der Waals surface area contributed by atoms with Crippen LogP contribution >= 0.6 is 0 Å². The number of alkyl halides is 3. The van der Waals surface area contributed by atoms with Crippen molar-refractivity contribution >= 4 is 28.5 Å². The summed E-state index contributed by atoms with van der Waals surface area (Å²) >= 11 is 0. The van der Waals surface area contributed by atoms with E-state index in [1.807, 2.05) is 35.6 Å². The van der Waals surface area contributed by atoms with E-state index in [1.165, 1.54) is 43.6 Å². The summed E-state index contributed by atoms with van der Waals surface area (Å²) in [7, 11) is 3.09. The van der Waals surface area contributed by atoms with Crippen molar-refractivity contribution in [2.45, 2.75) is 12.2 Å². The minimum absolute atomic E-state index is 0.113. The van der Waals surface area contributed by atoms with Gasteiger partial charge in [-0.2, -0.15) is 13.2 Å². The molecule has 186 valence electrons. The molecule has 0 aliphatic carbocycles. The number of hydrogen-bond acceptors (Lipinski definition) is 5. The van der Waals surface area contributed by atoms with Crippen molar-refractivity contribution in [1.82, 2.24) is 19.9 Å². The fourth-order valence-electron chi connectivity index (χ4n) is 3.83. The third-order valence-electron chi connectivity index (χ3n) is 5.40. The lowest BCUT2D eigenvalue weighted by Crippen LogP contribution is -2.38. The third-order valence-corrected chi connectivity index (χ3v) is 5.40. The number of pyridine rings is 1. The van der Waals surface area contributed by atoms with Gasteiger partial charge in [-0.15, -0.1) is 0 Å². The van der Waals surface area contributed by atoms with Crippen LogP contribution in [0.15, 0.2) is 66.9 Å². The summed E-state index contributed by atoms with van der Waals surface area (Å²) in [4.78, 5) is 33.7. The van der Waals surface area contributed by atoms with E-state index < -0.39 is 24.0 Å². The van der Waals surface area contributed by atoms with Gasteiger partial charge in [0.15, 0.2) is 6.04 Å². The highest BCUT2D eigenvalue weighted by Gasteiger charge is 2.43. The maximum absolute atomic E-state index is 13.8. The van der Waals surface area contributed by atoms with Gasteiger partial charge in [-0.05, 0) is 24.3 Å². The molecule has 36 heavy (non-hydrogen) atoms. The summed E-state index contributed by atoms with van der Waals surface area (Å²) in [5.74, 6) is -0.952. The van der Waals surface area contributed by atoms with Gasteiger partial charge in [0.1, 0.15) is 12.4 Å². The number of aromatic nitrogens is 3. The molecule has 2 aromatic heterocycles. The van der Waals surface area contributed by atoms with Crippen molar-refractivity contribution in [2.75, 3.05) is 19.0 Å². The molecule has 2 amide bonds. The molecule has 0 aliphatic rings. The van der Waals surface area contributed by atoms with Crippen LogP contribution in [0.2, 0.25) is 0 Å². The summed E-state index contributed by atoms with van der Waals surface area (Å²) in [5, 5.41) is 4.68. The molecule has 2 N–H and O–H groups in total. The van der Waals surface area contributed by atoms with Gasteiger partial charge in [-0.1, -0.05) is 36.4 Å². The number of aryl methyl sites for hydroxylation is 1. The first kappa shape index (κ1) is 24.9. The van der Waals surface area contributed by atoms with E-state index in [9.17, 15) is 22.8 Å². The fourth-order valence-corrected chi connectivity index (χ4v) is 3.83. The predicted octanol–water partition coefficient (Wildman–Crippen LogP) is 4.25. The summed E-state index contributed by atoms with van der Waals surface area (Å²) in [6, 6.07) is 13.7. The number of amides is 2. The Kier molecular flexibility index (Phi) is 7.02. The SMILES string of the molecule is COCC(=O)Nc1cc(C(=O)N[C@@H](c2ccccn2)C(F)(F)F)cc2nc(-c3ccccc3)n(C)c12. The highest BCUT2D eigenvalue weighted by molar-refractivity contribution is 6.06. The van der Waals surface area contributed by atoms with Gasteiger partial charge in [0.05, 0.1) is 22.4 Å². The average molecular weight is 497 g/mol. The smallest absolute Gasteiger partial charge is 0.375 e. The van der Waals surface area contributed by atoms with Gasteiger partial charge in [-0.25, -0.2) is 4.98 Å². The molecule has 0 aliphatic heterocycles. The van der Waals surface area contributed by atoms with Crippen molar-refractivity contribution in [1.29, 1.82) is 0 Å². The van der Waals surface area contributed by atoms with Gasteiger partial charge in [0.25, 0.3) is 5.91 Å². The first-order valence-corrected chi connectivity index (χ1v) is 10.8. The summed E-state index contributed by atoms with van der Waals surface area (Å²) in [5.41, 5.74) is 1.34. The van der Waals surface area contributed by atoms with E-state index in [-0.39, 0.29) is 23.6 Å². The Labute approximate surface area is 204 Å². The highest BCUT2D eigenvalue weighted by atomic mass is 19.4. The molecular formula is C25H22F3N5O3. The van der Waals surface area contributed by atoms with Crippen LogP contribution < -0.4 is 10.6 Å². The van der Waals surface area contributed by atoms with Crippen molar-refractivity contribution in [2.24, 2.45) is 7.05 Å². The van der Waals surface area contributed by atoms with Gasteiger partial charge < -0.3 is 19.9 Å². The lowest BCUT2D eigenvalue weighted by molar-refractivity contribution is -0.156. The van der Waals surface area contributed by atoms with Gasteiger partial charge in [0, 0.05) is 31.5 Å². The fraction of sp³-hybridized carbons (Fsp3) is 0.200. The topological polar surface area (TPSA) is 98.1 Å². The monoisotopic (exact) mass is 497 g/mol. The third kappa shape index (κ3) is 5.20. The number of benzene rings is 2. The second-order valence-electron chi connectivity index (χ2n) is 7.94. The molecule has 2 aromatic carbocycles. The Morgan fingerprint density at radius 3 is 2.44 bits per heavy atom. The molecule has 4 rings (SSSR count). The molecule has 0 saturated carbocycles. The number of hydrogen-bond donors (Lipinski definition) is 2. The Morgan fingerprint density at radius 1 is 1.08 bits per heavy atom. The molecule has 4 aromatic rings. The van der Waals surface area contributed by atoms with Gasteiger partial charge >= 0.3 is 6.18 Å². The molecule has 0 spiro atoms. The molecule has 2 heterocycles. The second kappa shape index (κ2) is 10.2. The van der Waals surface area contributed by atoms with Crippen molar-refractivity contribution in [3.63, 3.8) is 0 Å². The zero-order valence-corrected chi connectivity index (χ0v) is 19.3. The van der Waals surface area contributed by atoms with E-state index in [1.54, 1.807) is 11.6 Å². The molecule has 0 saturated heterocycles. The minimum atomic E-state index is -4.78. The van der Waals surface area contributed by atoms with E-state index in [2.05, 4.69) is 15.3 Å². The number of fused-ring (bicyclic) bond motifs is 1. The van der Waals surface area contributed by atoms with Crippen LogP contribution in [0.4, 0.5) is 18.9 Å². The first-order chi connectivity index (χ1) is 17.2. The molecule has 0 radical (unpaired) electrons. The largest absolute Gasteiger partial charge is 0.414 e. The summed E-state index contributed by atoms with van der Waals surface area (Å²) in [6.07, 6.45) is -3.57. The maximum atomic E-state index is 13.8. The van der Waals surface area contributed by atoms with Crippen molar-refractivity contribution in [3.8, 4) is 11.4 Å². The number of carbonyl (C=O) groups excluding carboxylic acids is 2. The number of imidazole rings is 1. The van der Waals surface area contributed by atoms with Crippen LogP contribution in [-0.2, 0) is 16.6 Å². The molecule has 1 atom stereocenters. The number of nitrogens with one attached hydrogen (secondary N) is 2. The first-order valence-electron chi connectivity index (χ1n) is 10.8. The molecule has 0 bridgehead atoms. The molecular weight excluding hydrogens is 475 g/mol. The zero-order chi connectivity index (χ0) is 25.9. The minimum Gasteiger partial charge on any atom is -0.375 e. The normalized spacial score (nSPS) is 12.4. The maximum Gasteiger partial charge on any atom is 0.414 e. The van der Waals surface area contributed by atoms with Crippen LogP contribution in [0.1, 0.15) is 22.1 Å². The quantitative estimate of drug-likeness (QED) is 0.398. The number of rotatable bonds is 7. The van der Waals surface area contributed by atoms with E-state index >= 15 is 0 Å². The highest BCUT2D eigenvalue weighted by Crippen LogP contribution is 2.33. The van der Waals surface area contributed by atoms with Gasteiger partial charge in [-0.3, -0.25) is 14.6 Å². The van der Waals surface area contributed by atoms with Crippen molar-refractivity contribution in [3.05, 3.63) is 78.1 Å². The molecule has 0 fully saturated rings. The number of ether oxygens (including phenoxy) is 1. The lowest BCUT2D eigenvalue weighted by Gasteiger charge is -2.21. The van der Waals surface area contributed by atoms with Crippen LogP contribution in [0, 0.1) is 0 Å². The number of carbonyl (C=O) groups is 2. The Balaban J connectivity index is 1.79. The Hall–Kier alpha value is -4.25. The van der Waals surface area contributed by atoms with Crippen LogP contribution in [0.3, 0.4) is 0 Å². The number of methoxy groups -OCH3 is 1. The summed E-state index contributed by atoms with van der Waals surface area (Å²) < 4.78 is 47.9. The van der Waals surface area contributed by atoms with E-state index in [0.717, 1.165) is 5.56 Å². The van der Waals surface area contributed by atoms with Gasteiger partial charge in [0.2, 0.25) is 5.91 Å². The number of halogens is 3. The predicted molar refractivity (Wildman–Crippen MR) is 127 cm³/mol. The Bertz CT molecular complexity index is 1390. The lowest BCUT2D eigenvalue weighted by atomic mass is 10.1. The molecule has 8 nitrogen and oxygen atoms in total. The van der Waals surface area contributed by atoms with E-state index in [0.29, 0.717) is 16.9 Å². The Morgan fingerprint density at radius 2 is 1.81 bits per heavy atom. The number of nitrogens with zero attached hydrogens (tertiary/aromatic N) is 3. The number of anilines is 1. The van der Waals surface area contributed by atoms with Crippen LogP contribution in [0.5, 0.6) is 0 Å². The second-order valence-corrected chi connectivity index (χ2v) is 7.94. The zero-order valence-electron chi connectivity index (χ0n) is 19.3. The van der Waals surface area contributed by atoms with Crippen LogP contribution in [-0.4, -0.2) is 46.2 Å². The van der Waals surface area contributed by atoms with Crippen LogP contribution in [0.25, 0.3) is 22.4 Å². The average Bonchev–Trinajstić information content (AvgIpc) is 3.19. The molecule has 11 heteroatoms. The standard InChI is InChI=1S/C25H22F3N5O3/c1-33-21-18(30-20(34)14-36-2)12-16(13-19(21)31-23(33)15-8-4-3-5-9-15)24(35)32-22(25(26,27)28)17-10-6-7-11-29-17/h3-13,22H,14H2,1-2H3,(H,30,34)(H,32,35)/t22-/m0/s1. The summed E-state index contributed by atoms with van der Waals surface area (Å²) in [6.45, 7) is -0.253. The van der Waals surface area contributed by atoms with Crippen molar-refractivity contribution < 1.29 is 27.5 Å². The molecule has 0 unspecified atom stereocenters. The van der Waals surface area contributed by atoms with E-state index in [4.69, 9.17) is 4.74 Å².